The minimum Gasteiger partial charge on any atom is -0.377 e. The van der Waals surface area contributed by atoms with Gasteiger partial charge in [0.1, 0.15) is 0 Å². The van der Waals surface area contributed by atoms with E-state index in [1.54, 1.807) is 0 Å². The van der Waals surface area contributed by atoms with Crippen molar-refractivity contribution in [2.75, 3.05) is 6.61 Å². The number of hydrogen-bond donors (Lipinski definition) is 1. The van der Waals surface area contributed by atoms with Crippen LogP contribution >= 0.6 is 11.6 Å². The van der Waals surface area contributed by atoms with Crippen molar-refractivity contribution in [1.29, 1.82) is 0 Å². The van der Waals surface area contributed by atoms with E-state index >= 15 is 0 Å². The van der Waals surface area contributed by atoms with Crippen LogP contribution in [-0.2, 0) is 18.2 Å². The van der Waals surface area contributed by atoms with Gasteiger partial charge in [0.2, 0.25) is 0 Å². The van der Waals surface area contributed by atoms with Crippen molar-refractivity contribution in [2.45, 2.75) is 44.8 Å². The Bertz CT molecular complexity index is 385. The second-order valence-corrected chi connectivity index (χ2v) is 5.12. The summed E-state index contributed by atoms with van der Waals surface area (Å²) in [7, 11) is 1.91. The van der Waals surface area contributed by atoms with Gasteiger partial charge in [-0.25, -0.2) is 0 Å². The Balaban J connectivity index is 2.04. The van der Waals surface area contributed by atoms with Crippen LogP contribution in [-0.4, -0.2) is 28.5 Å². The summed E-state index contributed by atoms with van der Waals surface area (Å²) >= 11 is 6.22. The summed E-state index contributed by atoms with van der Waals surface area (Å²) in [5, 5.41) is 5.03. The van der Waals surface area contributed by atoms with Crippen molar-refractivity contribution < 1.29 is 4.74 Å². The normalized spacial score (nSPS) is 22.7. The smallest absolute Gasteiger partial charge is 0.0847 e. The van der Waals surface area contributed by atoms with Crippen LogP contribution in [0.5, 0.6) is 0 Å². The highest BCUT2D eigenvalue weighted by atomic mass is 35.5. The Morgan fingerprint density at radius 3 is 2.88 bits per heavy atom. The largest absolute Gasteiger partial charge is 0.377 e. The molecule has 17 heavy (non-hydrogen) atoms. The molecule has 5 heteroatoms. The molecule has 0 radical (unpaired) electrons. The molecular formula is C12H20ClN3O. The van der Waals surface area contributed by atoms with Crippen LogP contribution in [0.4, 0.5) is 0 Å². The highest BCUT2D eigenvalue weighted by molar-refractivity contribution is 6.31. The molecule has 0 bridgehead atoms. The van der Waals surface area contributed by atoms with Crippen LogP contribution in [0.3, 0.4) is 0 Å². The van der Waals surface area contributed by atoms with Gasteiger partial charge in [-0.15, -0.1) is 0 Å². The van der Waals surface area contributed by atoms with Gasteiger partial charge in [-0.3, -0.25) is 4.68 Å². The molecule has 0 aromatic carbocycles. The van der Waals surface area contributed by atoms with Gasteiger partial charge in [0.15, 0.2) is 0 Å². The molecule has 2 atom stereocenters. The monoisotopic (exact) mass is 257 g/mol. The SMILES string of the molecule is Cc1nn(C)c(CC(N)C2CCCCO2)c1Cl. The molecule has 0 aliphatic carbocycles. The van der Waals surface area contributed by atoms with Crippen molar-refractivity contribution in [3.05, 3.63) is 16.4 Å². The molecule has 1 aromatic rings. The highest BCUT2D eigenvalue weighted by Gasteiger charge is 2.24. The molecule has 1 aromatic heterocycles. The lowest BCUT2D eigenvalue weighted by Crippen LogP contribution is -2.40. The molecule has 96 valence electrons. The molecule has 2 rings (SSSR count). The quantitative estimate of drug-likeness (QED) is 0.899. The van der Waals surface area contributed by atoms with Crippen LogP contribution in [0.25, 0.3) is 0 Å². The molecule has 0 saturated carbocycles. The third-order valence-electron chi connectivity index (χ3n) is 3.38. The maximum atomic E-state index is 6.22. The first-order valence-corrected chi connectivity index (χ1v) is 6.52. The van der Waals surface area contributed by atoms with Gasteiger partial charge in [0.05, 0.1) is 22.5 Å². The molecule has 1 saturated heterocycles. The van der Waals surface area contributed by atoms with Gasteiger partial charge >= 0.3 is 0 Å². The Labute approximate surface area is 107 Å². The number of aromatic nitrogens is 2. The van der Waals surface area contributed by atoms with Crippen molar-refractivity contribution in [1.82, 2.24) is 9.78 Å². The number of halogens is 1. The summed E-state index contributed by atoms with van der Waals surface area (Å²) in [6, 6.07) is 0.00241. The van der Waals surface area contributed by atoms with E-state index in [1.807, 2.05) is 18.7 Å². The van der Waals surface area contributed by atoms with Gasteiger partial charge in [0, 0.05) is 26.1 Å². The Morgan fingerprint density at radius 1 is 1.59 bits per heavy atom. The second-order valence-electron chi connectivity index (χ2n) is 4.74. The minimum atomic E-state index is 0.00241. The van der Waals surface area contributed by atoms with E-state index in [1.165, 1.54) is 6.42 Å². The standard InChI is InChI=1S/C12H20ClN3O/c1-8-12(13)10(16(2)15-8)7-9(14)11-5-3-4-6-17-11/h9,11H,3-7,14H2,1-2H3. The van der Waals surface area contributed by atoms with Gasteiger partial charge in [-0.2, -0.15) is 5.10 Å². The molecular weight excluding hydrogens is 238 g/mol. The Hall–Kier alpha value is -0.580. The van der Waals surface area contributed by atoms with Crippen molar-refractivity contribution in [3.63, 3.8) is 0 Å². The van der Waals surface area contributed by atoms with E-state index in [-0.39, 0.29) is 12.1 Å². The highest BCUT2D eigenvalue weighted by Crippen LogP contribution is 2.23. The topological polar surface area (TPSA) is 53.1 Å². The lowest BCUT2D eigenvalue weighted by Gasteiger charge is -2.28. The summed E-state index contributed by atoms with van der Waals surface area (Å²) in [6.45, 7) is 2.74. The molecule has 2 N–H and O–H groups in total. The van der Waals surface area contributed by atoms with Crippen LogP contribution in [0, 0.1) is 6.92 Å². The van der Waals surface area contributed by atoms with Crippen LogP contribution < -0.4 is 5.73 Å². The van der Waals surface area contributed by atoms with E-state index in [0.717, 1.165) is 42.3 Å². The van der Waals surface area contributed by atoms with Crippen LogP contribution in [0.15, 0.2) is 0 Å². The Morgan fingerprint density at radius 2 is 2.35 bits per heavy atom. The number of ether oxygens (including phenoxy) is 1. The minimum absolute atomic E-state index is 0.00241. The van der Waals surface area contributed by atoms with Gasteiger partial charge in [-0.05, 0) is 26.2 Å². The van der Waals surface area contributed by atoms with E-state index in [9.17, 15) is 0 Å². The van der Waals surface area contributed by atoms with Crippen molar-refractivity contribution in [2.24, 2.45) is 12.8 Å². The average Bonchev–Trinajstić information content (AvgIpc) is 2.57. The van der Waals surface area contributed by atoms with Crippen molar-refractivity contribution in [3.8, 4) is 0 Å². The van der Waals surface area contributed by atoms with E-state index < -0.39 is 0 Å². The summed E-state index contributed by atoms with van der Waals surface area (Å²) in [4.78, 5) is 0. The number of nitrogens with two attached hydrogens (primary N) is 1. The summed E-state index contributed by atoms with van der Waals surface area (Å²) < 4.78 is 7.52. The number of hydrogen-bond acceptors (Lipinski definition) is 3. The lowest BCUT2D eigenvalue weighted by atomic mass is 9.99. The predicted molar refractivity (Wildman–Crippen MR) is 68.2 cm³/mol. The first-order valence-electron chi connectivity index (χ1n) is 6.14. The third kappa shape index (κ3) is 2.81. The summed E-state index contributed by atoms with van der Waals surface area (Å²) in [5.74, 6) is 0. The van der Waals surface area contributed by atoms with E-state index in [2.05, 4.69) is 5.10 Å². The lowest BCUT2D eigenvalue weighted by molar-refractivity contribution is 0.000338. The maximum Gasteiger partial charge on any atom is 0.0847 e. The van der Waals surface area contributed by atoms with Gasteiger partial charge < -0.3 is 10.5 Å². The van der Waals surface area contributed by atoms with E-state index in [0.29, 0.717) is 0 Å². The molecule has 2 unspecified atom stereocenters. The van der Waals surface area contributed by atoms with Crippen LogP contribution in [0.1, 0.15) is 30.7 Å². The van der Waals surface area contributed by atoms with Gasteiger partial charge in [-0.1, -0.05) is 11.6 Å². The third-order valence-corrected chi connectivity index (χ3v) is 3.87. The molecule has 4 nitrogen and oxygen atoms in total. The molecule has 1 fully saturated rings. The second kappa shape index (κ2) is 5.38. The summed E-state index contributed by atoms with van der Waals surface area (Å²) in [6.07, 6.45) is 4.29. The number of rotatable bonds is 3. The van der Waals surface area contributed by atoms with Crippen LogP contribution in [0.2, 0.25) is 5.02 Å². The molecule has 1 aliphatic rings. The number of nitrogens with zero attached hydrogens (tertiary/aromatic N) is 2. The van der Waals surface area contributed by atoms with Crippen molar-refractivity contribution >= 4 is 11.6 Å². The molecule has 2 heterocycles. The fourth-order valence-electron chi connectivity index (χ4n) is 2.36. The fraction of sp³-hybridized carbons (Fsp3) is 0.750. The zero-order valence-corrected chi connectivity index (χ0v) is 11.2. The zero-order chi connectivity index (χ0) is 12.4. The van der Waals surface area contributed by atoms with Gasteiger partial charge in [0.25, 0.3) is 0 Å². The molecule has 1 aliphatic heterocycles. The summed E-state index contributed by atoms with van der Waals surface area (Å²) in [5.41, 5.74) is 8.07. The zero-order valence-electron chi connectivity index (χ0n) is 10.4. The predicted octanol–water partition coefficient (Wildman–Crippen LogP) is 1.82. The first kappa shape index (κ1) is 12.9. The first-order chi connectivity index (χ1) is 8.09. The number of aryl methyl sites for hydroxylation is 2. The average molecular weight is 258 g/mol. The maximum absolute atomic E-state index is 6.22. The molecule has 0 amide bonds. The molecule has 0 spiro atoms. The Kier molecular flexibility index (Phi) is 4.07. The fourth-order valence-corrected chi connectivity index (χ4v) is 2.60. The van der Waals surface area contributed by atoms with E-state index in [4.69, 9.17) is 22.1 Å².